The molecule has 1 aliphatic heterocycles. The van der Waals surface area contributed by atoms with Crippen molar-refractivity contribution in [3.8, 4) is 5.75 Å². The van der Waals surface area contributed by atoms with E-state index in [1.807, 2.05) is 0 Å². The summed E-state index contributed by atoms with van der Waals surface area (Å²) in [4.78, 5) is 16.9. The maximum atomic E-state index is 11.7. The summed E-state index contributed by atoms with van der Waals surface area (Å²) in [6.45, 7) is 1.83. The van der Waals surface area contributed by atoms with E-state index in [2.05, 4.69) is 15.0 Å². The maximum absolute atomic E-state index is 11.7. The van der Waals surface area contributed by atoms with E-state index in [0.29, 0.717) is 13.0 Å². The van der Waals surface area contributed by atoms with Crippen LogP contribution in [0.15, 0.2) is 16.1 Å². The summed E-state index contributed by atoms with van der Waals surface area (Å²) in [6, 6.07) is -0.491. The number of aromatic nitrogens is 2. The highest BCUT2D eigenvalue weighted by molar-refractivity contribution is 7.71. The van der Waals surface area contributed by atoms with Gasteiger partial charge in [-0.3, -0.25) is 14.3 Å². The second-order valence-electron chi connectivity index (χ2n) is 4.41. The Kier molecular flexibility index (Phi) is 4.97. The van der Waals surface area contributed by atoms with Gasteiger partial charge in [0.1, 0.15) is 6.23 Å². The molecule has 1 aromatic heterocycles. The highest BCUT2D eigenvalue weighted by atomic mass is 32.1. The van der Waals surface area contributed by atoms with Crippen LogP contribution in [0.4, 0.5) is 0 Å². The molecule has 3 atom stereocenters. The average Bonchev–Trinajstić information content (AvgIpc) is 2.85. The first-order valence-electron chi connectivity index (χ1n) is 6.39. The van der Waals surface area contributed by atoms with Gasteiger partial charge in [0.15, 0.2) is 4.77 Å². The highest BCUT2D eigenvalue weighted by Gasteiger charge is 2.35. The summed E-state index contributed by atoms with van der Waals surface area (Å²) in [5, 5.41) is 12.9. The number of aliphatic hydroxyl groups is 1. The molecular formula is C11H15N5O4S. The van der Waals surface area contributed by atoms with Gasteiger partial charge in [0.2, 0.25) is 5.75 Å². The smallest absolute Gasteiger partial charge is 0.294 e. The summed E-state index contributed by atoms with van der Waals surface area (Å²) in [6.07, 6.45) is 0.667. The Labute approximate surface area is 124 Å². The van der Waals surface area contributed by atoms with Crippen LogP contribution in [0.1, 0.15) is 19.6 Å². The van der Waals surface area contributed by atoms with Crippen molar-refractivity contribution < 1.29 is 14.6 Å². The van der Waals surface area contributed by atoms with Gasteiger partial charge >= 0.3 is 0 Å². The van der Waals surface area contributed by atoms with E-state index < -0.39 is 23.9 Å². The van der Waals surface area contributed by atoms with Crippen molar-refractivity contribution in [2.24, 2.45) is 5.11 Å². The number of ether oxygens (including phenoxy) is 2. The average molecular weight is 313 g/mol. The van der Waals surface area contributed by atoms with E-state index in [9.17, 15) is 9.90 Å². The van der Waals surface area contributed by atoms with Crippen molar-refractivity contribution in [2.45, 2.75) is 31.7 Å². The van der Waals surface area contributed by atoms with E-state index in [1.165, 1.54) is 10.8 Å². The summed E-state index contributed by atoms with van der Waals surface area (Å²) < 4.78 is 12.5. The Morgan fingerprint density at radius 3 is 3.14 bits per heavy atom. The molecule has 0 saturated carbocycles. The lowest BCUT2D eigenvalue weighted by atomic mass is 10.1. The van der Waals surface area contributed by atoms with Gasteiger partial charge < -0.3 is 14.6 Å². The standard InChI is InChI=1S/C11H15N5O4S/c1-2-19-7-4-16(11(21)13-10(7)18)9-3-6(14-15-12)8(5-17)20-9/h4,6,8-9,17H,2-3,5H2,1H3,(H,13,18,21)/t6-,8+,9-/m0/s1. The van der Waals surface area contributed by atoms with Crippen LogP contribution in [0.2, 0.25) is 0 Å². The second kappa shape index (κ2) is 6.72. The van der Waals surface area contributed by atoms with Crippen molar-refractivity contribution in [1.82, 2.24) is 9.55 Å². The van der Waals surface area contributed by atoms with E-state index in [4.69, 9.17) is 27.2 Å². The molecule has 1 fully saturated rings. The zero-order valence-electron chi connectivity index (χ0n) is 11.3. The monoisotopic (exact) mass is 313 g/mol. The topological polar surface area (TPSA) is 125 Å². The molecule has 1 aliphatic rings. The largest absolute Gasteiger partial charge is 0.487 e. The normalized spacial score (nSPS) is 24.6. The van der Waals surface area contributed by atoms with Crippen LogP contribution in [0.3, 0.4) is 0 Å². The van der Waals surface area contributed by atoms with E-state index in [-0.39, 0.29) is 17.1 Å². The lowest BCUT2D eigenvalue weighted by molar-refractivity contribution is -0.0265. The molecule has 0 bridgehead atoms. The molecule has 2 N–H and O–H groups in total. The molecule has 0 radical (unpaired) electrons. The van der Waals surface area contributed by atoms with Crippen LogP contribution >= 0.6 is 12.2 Å². The van der Waals surface area contributed by atoms with Gasteiger partial charge in [-0.25, -0.2) is 0 Å². The van der Waals surface area contributed by atoms with Gasteiger partial charge in [0.05, 0.1) is 31.6 Å². The molecule has 21 heavy (non-hydrogen) atoms. The third-order valence-corrected chi connectivity index (χ3v) is 3.44. The molecular weight excluding hydrogens is 298 g/mol. The van der Waals surface area contributed by atoms with Crippen LogP contribution in [-0.4, -0.2) is 40.0 Å². The fourth-order valence-electron chi connectivity index (χ4n) is 2.18. The molecule has 0 amide bonds. The van der Waals surface area contributed by atoms with Gasteiger partial charge in [0.25, 0.3) is 5.56 Å². The summed E-state index contributed by atoms with van der Waals surface area (Å²) >= 11 is 5.10. The van der Waals surface area contributed by atoms with Crippen molar-refractivity contribution in [3.05, 3.63) is 31.8 Å². The minimum absolute atomic E-state index is 0.127. The zero-order chi connectivity index (χ0) is 15.4. The highest BCUT2D eigenvalue weighted by Crippen LogP contribution is 2.31. The molecule has 0 aromatic carbocycles. The number of aliphatic hydroxyl groups excluding tert-OH is 1. The SMILES string of the molecule is CCOc1cn([C@@H]2C[C@H](N=[N+]=[N-])[C@@H](CO)O2)c(=S)[nH]c1=O. The number of azide groups is 1. The lowest BCUT2D eigenvalue weighted by Crippen LogP contribution is -2.23. The molecule has 1 saturated heterocycles. The third-order valence-electron chi connectivity index (χ3n) is 3.13. The molecule has 0 unspecified atom stereocenters. The van der Waals surface area contributed by atoms with Crippen LogP contribution < -0.4 is 10.3 Å². The van der Waals surface area contributed by atoms with Gasteiger partial charge in [-0.15, -0.1) is 0 Å². The molecule has 10 heteroatoms. The van der Waals surface area contributed by atoms with E-state index in [0.717, 1.165) is 0 Å². The van der Waals surface area contributed by atoms with Crippen molar-refractivity contribution in [2.75, 3.05) is 13.2 Å². The van der Waals surface area contributed by atoms with Gasteiger partial charge in [-0.05, 0) is 24.7 Å². The van der Waals surface area contributed by atoms with Crippen LogP contribution in [0.5, 0.6) is 5.75 Å². The Morgan fingerprint density at radius 1 is 1.76 bits per heavy atom. The van der Waals surface area contributed by atoms with Crippen LogP contribution in [0.25, 0.3) is 10.4 Å². The predicted molar refractivity (Wildman–Crippen MR) is 75.6 cm³/mol. The predicted octanol–water partition coefficient (Wildman–Crippen LogP) is 1.26. The first kappa shape index (κ1) is 15.5. The van der Waals surface area contributed by atoms with Crippen molar-refractivity contribution in [3.63, 3.8) is 0 Å². The lowest BCUT2D eigenvalue weighted by Gasteiger charge is -2.16. The van der Waals surface area contributed by atoms with Gasteiger partial charge in [-0.2, -0.15) is 0 Å². The van der Waals surface area contributed by atoms with Gasteiger partial charge in [-0.1, -0.05) is 5.11 Å². The summed E-state index contributed by atoms with van der Waals surface area (Å²) in [5.41, 5.74) is 8.11. The zero-order valence-corrected chi connectivity index (χ0v) is 12.1. The molecule has 114 valence electrons. The maximum Gasteiger partial charge on any atom is 0.294 e. The first-order chi connectivity index (χ1) is 10.1. The third kappa shape index (κ3) is 3.24. The number of aromatic amines is 1. The Balaban J connectivity index is 2.34. The van der Waals surface area contributed by atoms with Gasteiger partial charge in [0, 0.05) is 11.3 Å². The molecule has 9 nitrogen and oxygen atoms in total. The van der Waals surface area contributed by atoms with E-state index >= 15 is 0 Å². The number of hydrogen-bond acceptors (Lipinski definition) is 6. The minimum Gasteiger partial charge on any atom is -0.487 e. The van der Waals surface area contributed by atoms with Crippen molar-refractivity contribution >= 4 is 12.2 Å². The number of rotatable bonds is 5. The fourth-order valence-corrected chi connectivity index (χ4v) is 2.44. The summed E-state index contributed by atoms with van der Waals surface area (Å²) in [5.74, 6) is 0.127. The van der Waals surface area contributed by atoms with Crippen LogP contribution in [0, 0.1) is 4.77 Å². The molecule has 1 aromatic rings. The molecule has 2 rings (SSSR count). The second-order valence-corrected chi connectivity index (χ2v) is 4.80. The molecule has 0 spiro atoms. The number of nitrogens with one attached hydrogen (secondary N) is 1. The van der Waals surface area contributed by atoms with E-state index in [1.54, 1.807) is 6.92 Å². The summed E-state index contributed by atoms with van der Waals surface area (Å²) in [7, 11) is 0. The first-order valence-corrected chi connectivity index (χ1v) is 6.80. The molecule has 0 aliphatic carbocycles. The Bertz CT molecular complexity index is 665. The number of hydrogen-bond donors (Lipinski definition) is 2. The minimum atomic E-state index is -0.602. The van der Waals surface area contributed by atoms with Crippen molar-refractivity contribution in [1.29, 1.82) is 0 Å². The Morgan fingerprint density at radius 2 is 2.52 bits per heavy atom. The number of nitrogens with zero attached hydrogens (tertiary/aromatic N) is 4. The quantitative estimate of drug-likeness (QED) is 0.366. The number of H-pyrrole nitrogens is 1. The van der Waals surface area contributed by atoms with Crippen LogP contribution in [-0.2, 0) is 4.74 Å². The fraction of sp³-hybridized carbons (Fsp3) is 0.636. The Hall–Kier alpha value is -1.87. The molecule has 2 heterocycles.